The number of carbonyl (C=O) groups excluding carboxylic acids is 1. The SMILES string of the molecule is COc1ccc(N(C)C(=O)C(=O)O)cc1Br. The third-order valence-electron chi connectivity index (χ3n) is 2.01. The Balaban J connectivity index is 3.01. The van der Waals surface area contributed by atoms with Crippen molar-refractivity contribution in [3.63, 3.8) is 0 Å². The van der Waals surface area contributed by atoms with Gasteiger partial charge in [-0.05, 0) is 34.1 Å². The van der Waals surface area contributed by atoms with Crippen molar-refractivity contribution in [3.05, 3.63) is 22.7 Å². The summed E-state index contributed by atoms with van der Waals surface area (Å²) in [6.07, 6.45) is 0. The van der Waals surface area contributed by atoms with E-state index in [-0.39, 0.29) is 0 Å². The molecule has 0 spiro atoms. The molecule has 0 fully saturated rings. The Hall–Kier alpha value is -1.56. The minimum atomic E-state index is -1.49. The van der Waals surface area contributed by atoms with Crippen LogP contribution in [0, 0.1) is 0 Å². The maximum Gasteiger partial charge on any atom is 0.394 e. The van der Waals surface area contributed by atoms with E-state index in [1.807, 2.05) is 0 Å². The van der Waals surface area contributed by atoms with E-state index in [0.29, 0.717) is 15.9 Å². The zero-order chi connectivity index (χ0) is 12.3. The summed E-state index contributed by atoms with van der Waals surface area (Å²) in [6, 6.07) is 4.86. The van der Waals surface area contributed by atoms with Crippen molar-refractivity contribution in [1.29, 1.82) is 0 Å². The van der Waals surface area contributed by atoms with Crippen molar-refractivity contribution < 1.29 is 19.4 Å². The fourth-order valence-corrected chi connectivity index (χ4v) is 1.65. The molecule has 5 nitrogen and oxygen atoms in total. The van der Waals surface area contributed by atoms with E-state index in [0.717, 1.165) is 4.90 Å². The van der Waals surface area contributed by atoms with E-state index in [2.05, 4.69) is 15.9 Å². The Morgan fingerprint density at radius 3 is 2.50 bits per heavy atom. The number of nitrogens with zero attached hydrogens (tertiary/aromatic N) is 1. The first-order chi connectivity index (χ1) is 7.47. The van der Waals surface area contributed by atoms with Crippen LogP contribution in [-0.4, -0.2) is 31.1 Å². The van der Waals surface area contributed by atoms with Crippen molar-refractivity contribution in [3.8, 4) is 5.75 Å². The van der Waals surface area contributed by atoms with Crippen LogP contribution in [0.4, 0.5) is 5.69 Å². The molecule has 1 amide bonds. The molecule has 1 aromatic carbocycles. The van der Waals surface area contributed by atoms with Gasteiger partial charge < -0.3 is 14.7 Å². The minimum absolute atomic E-state index is 0.472. The van der Waals surface area contributed by atoms with Crippen LogP contribution >= 0.6 is 15.9 Å². The first-order valence-electron chi connectivity index (χ1n) is 4.32. The molecule has 0 aliphatic heterocycles. The highest BCUT2D eigenvalue weighted by molar-refractivity contribution is 9.10. The predicted octanol–water partition coefficient (Wildman–Crippen LogP) is 1.51. The summed E-state index contributed by atoms with van der Waals surface area (Å²) >= 11 is 3.25. The summed E-state index contributed by atoms with van der Waals surface area (Å²) in [5.41, 5.74) is 0.472. The van der Waals surface area contributed by atoms with Crippen LogP contribution in [0.15, 0.2) is 22.7 Å². The molecule has 1 aromatic rings. The number of aliphatic carboxylic acids is 1. The highest BCUT2D eigenvalue weighted by Crippen LogP contribution is 2.29. The number of carboxylic acids is 1. The lowest BCUT2D eigenvalue weighted by atomic mass is 10.3. The number of methoxy groups -OCH3 is 1. The van der Waals surface area contributed by atoms with Gasteiger partial charge in [0.2, 0.25) is 0 Å². The molecule has 86 valence electrons. The topological polar surface area (TPSA) is 66.8 Å². The zero-order valence-electron chi connectivity index (χ0n) is 8.73. The van der Waals surface area contributed by atoms with Crippen molar-refractivity contribution in [2.45, 2.75) is 0 Å². The summed E-state index contributed by atoms with van der Waals surface area (Å²) in [5.74, 6) is -1.87. The predicted molar refractivity (Wildman–Crippen MR) is 61.7 cm³/mol. The molecule has 0 aliphatic rings. The highest BCUT2D eigenvalue weighted by Gasteiger charge is 2.19. The molecule has 0 aliphatic carbocycles. The Kier molecular flexibility index (Phi) is 3.89. The van der Waals surface area contributed by atoms with Crippen LogP contribution in [0.2, 0.25) is 0 Å². The van der Waals surface area contributed by atoms with E-state index in [4.69, 9.17) is 9.84 Å². The van der Waals surface area contributed by atoms with Crippen LogP contribution < -0.4 is 9.64 Å². The van der Waals surface area contributed by atoms with Crippen LogP contribution in [0.3, 0.4) is 0 Å². The van der Waals surface area contributed by atoms with Crippen molar-refractivity contribution >= 4 is 33.5 Å². The molecule has 16 heavy (non-hydrogen) atoms. The first kappa shape index (κ1) is 12.5. The van der Waals surface area contributed by atoms with Gasteiger partial charge in [0.1, 0.15) is 5.75 Å². The van der Waals surface area contributed by atoms with Gasteiger partial charge in [0.25, 0.3) is 0 Å². The van der Waals surface area contributed by atoms with Gasteiger partial charge in [0.05, 0.1) is 11.6 Å². The quantitative estimate of drug-likeness (QED) is 0.838. The summed E-state index contributed by atoms with van der Waals surface area (Å²) < 4.78 is 5.67. The Bertz CT molecular complexity index is 433. The monoisotopic (exact) mass is 287 g/mol. The molecule has 0 heterocycles. The molecule has 0 bridgehead atoms. The molecule has 0 radical (unpaired) electrons. The normalized spacial score (nSPS) is 9.69. The summed E-state index contributed by atoms with van der Waals surface area (Å²) in [6.45, 7) is 0. The highest BCUT2D eigenvalue weighted by atomic mass is 79.9. The summed E-state index contributed by atoms with van der Waals surface area (Å²) in [4.78, 5) is 22.7. The molecule has 0 saturated carbocycles. The number of anilines is 1. The lowest BCUT2D eigenvalue weighted by Crippen LogP contribution is -2.32. The molecular formula is C10H10BrNO4. The third-order valence-corrected chi connectivity index (χ3v) is 2.63. The third kappa shape index (κ3) is 2.52. The second kappa shape index (κ2) is 4.98. The number of amides is 1. The second-order valence-electron chi connectivity index (χ2n) is 2.99. The van der Waals surface area contributed by atoms with Gasteiger partial charge in [-0.3, -0.25) is 4.79 Å². The molecule has 1 N–H and O–H groups in total. The van der Waals surface area contributed by atoms with Gasteiger partial charge in [-0.1, -0.05) is 0 Å². The van der Waals surface area contributed by atoms with E-state index in [1.165, 1.54) is 14.2 Å². The van der Waals surface area contributed by atoms with E-state index in [1.54, 1.807) is 18.2 Å². The van der Waals surface area contributed by atoms with Crippen LogP contribution in [0.25, 0.3) is 0 Å². The minimum Gasteiger partial charge on any atom is -0.496 e. The standard InChI is InChI=1S/C10H10BrNO4/c1-12(9(13)10(14)15)6-3-4-8(16-2)7(11)5-6/h3-5H,1-2H3,(H,14,15). The van der Waals surface area contributed by atoms with E-state index in [9.17, 15) is 9.59 Å². The maximum absolute atomic E-state index is 11.2. The van der Waals surface area contributed by atoms with Gasteiger partial charge in [-0.15, -0.1) is 0 Å². The number of halogens is 1. The molecule has 6 heteroatoms. The Labute approximate surface area is 101 Å². The summed E-state index contributed by atoms with van der Waals surface area (Å²) in [5, 5.41) is 8.56. The van der Waals surface area contributed by atoms with E-state index < -0.39 is 11.9 Å². The number of benzene rings is 1. The fraction of sp³-hybridized carbons (Fsp3) is 0.200. The molecular weight excluding hydrogens is 278 g/mol. The number of likely N-dealkylation sites (N-methyl/N-ethyl adjacent to an activating group) is 1. The van der Waals surface area contributed by atoms with Gasteiger partial charge in [-0.25, -0.2) is 4.79 Å². The number of ether oxygens (including phenoxy) is 1. The van der Waals surface area contributed by atoms with Crippen LogP contribution in [0.5, 0.6) is 5.75 Å². The van der Waals surface area contributed by atoms with E-state index >= 15 is 0 Å². The second-order valence-corrected chi connectivity index (χ2v) is 3.84. The fourth-order valence-electron chi connectivity index (χ4n) is 1.12. The van der Waals surface area contributed by atoms with Gasteiger partial charge >= 0.3 is 11.9 Å². The average Bonchev–Trinajstić information content (AvgIpc) is 2.26. The van der Waals surface area contributed by atoms with Gasteiger partial charge in [0, 0.05) is 12.7 Å². The average molecular weight is 288 g/mol. The van der Waals surface area contributed by atoms with Gasteiger partial charge in [-0.2, -0.15) is 0 Å². The van der Waals surface area contributed by atoms with Crippen LogP contribution in [0.1, 0.15) is 0 Å². The van der Waals surface area contributed by atoms with Crippen LogP contribution in [-0.2, 0) is 9.59 Å². The smallest absolute Gasteiger partial charge is 0.394 e. The largest absolute Gasteiger partial charge is 0.496 e. The lowest BCUT2D eigenvalue weighted by Gasteiger charge is -2.15. The van der Waals surface area contributed by atoms with Crippen molar-refractivity contribution in [2.75, 3.05) is 19.1 Å². The molecule has 0 atom stereocenters. The number of hydrogen-bond acceptors (Lipinski definition) is 3. The maximum atomic E-state index is 11.2. The van der Waals surface area contributed by atoms with Crippen molar-refractivity contribution in [2.24, 2.45) is 0 Å². The number of carbonyl (C=O) groups is 2. The molecule has 1 rings (SSSR count). The number of rotatable bonds is 2. The van der Waals surface area contributed by atoms with Crippen molar-refractivity contribution in [1.82, 2.24) is 0 Å². The molecule has 0 aromatic heterocycles. The first-order valence-corrected chi connectivity index (χ1v) is 5.11. The Morgan fingerprint density at radius 2 is 2.06 bits per heavy atom. The summed E-state index contributed by atoms with van der Waals surface area (Å²) in [7, 11) is 2.91. The molecule has 0 unspecified atom stereocenters. The zero-order valence-corrected chi connectivity index (χ0v) is 10.3. The number of hydrogen-bond donors (Lipinski definition) is 1. The lowest BCUT2D eigenvalue weighted by molar-refractivity contribution is -0.148. The Morgan fingerprint density at radius 1 is 1.44 bits per heavy atom. The van der Waals surface area contributed by atoms with Gasteiger partial charge in [0.15, 0.2) is 0 Å². The molecule has 0 saturated heterocycles. The number of carboxylic acid groups (broad SMARTS) is 1.